The number of para-hydroxylation sites is 1. The van der Waals surface area contributed by atoms with E-state index in [0.717, 1.165) is 10.9 Å². The molecular weight excluding hydrogens is 243 g/mol. The molecule has 0 bridgehead atoms. The molecule has 3 aromatic rings. The Balaban J connectivity index is 2.03. The monoisotopic (exact) mass is 254 g/mol. The van der Waals surface area contributed by atoms with Crippen LogP contribution < -0.4 is 5.63 Å². The van der Waals surface area contributed by atoms with E-state index in [1.54, 1.807) is 18.2 Å². The normalized spacial score (nSPS) is 10.8. The van der Waals surface area contributed by atoms with Crippen molar-refractivity contribution in [2.75, 3.05) is 0 Å². The molecular formula is C16H11FO2. The highest BCUT2D eigenvalue weighted by Gasteiger charge is 2.06. The average molecular weight is 254 g/mol. The van der Waals surface area contributed by atoms with Crippen LogP contribution in [0.5, 0.6) is 0 Å². The second-order valence-corrected chi connectivity index (χ2v) is 4.40. The third kappa shape index (κ3) is 2.40. The molecule has 94 valence electrons. The van der Waals surface area contributed by atoms with Crippen molar-refractivity contribution in [3.8, 4) is 0 Å². The van der Waals surface area contributed by atoms with Crippen molar-refractivity contribution in [3.05, 3.63) is 82.0 Å². The standard InChI is InChI=1S/C16H11FO2/c17-14-7-5-11(6-8-14)9-13-10-12-3-1-2-4-15(12)19-16(13)18/h1-8,10H,9H2. The molecule has 0 spiro atoms. The van der Waals surface area contributed by atoms with Crippen molar-refractivity contribution >= 4 is 11.0 Å². The van der Waals surface area contributed by atoms with E-state index in [-0.39, 0.29) is 11.4 Å². The maximum Gasteiger partial charge on any atom is 0.339 e. The fraction of sp³-hybridized carbons (Fsp3) is 0.0625. The van der Waals surface area contributed by atoms with Gasteiger partial charge >= 0.3 is 5.63 Å². The van der Waals surface area contributed by atoms with Gasteiger partial charge in [-0.2, -0.15) is 0 Å². The summed E-state index contributed by atoms with van der Waals surface area (Å²) in [5.74, 6) is -0.283. The molecule has 0 atom stereocenters. The van der Waals surface area contributed by atoms with Crippen LogP contribution in [0.4, 0.5) is 4.39 Å². The molecule has 0 fully saturated rings. The van der Waals surface area contributed by atoms with Gasteiger partial charge in [-0.25, -0.2) is 9.18 Å². The summed E-state index contributed by atoms with van der Waals surface area (Å²) in [6.07, 6.45) is 0.438. The fourth-order valence-corrected chi connectivity index (χ4v) is 2.05. The van der Waals surface area contributed by atoms with Gasteiger partial charge in [0.05, 0.1) is 0 Å². The van der Waals surface area contributed by atoms with Gasteiger partial charge in [-0.3, -0.25) is 0 Å². The Bertz CT molecular complexity index is 773. The first kappa shape index (κ1) is 11.7. The highest BCUT2D eigenvalue weighted by Crippen LogP contribution is 2.15. The number of hydrogen-bond donors (Lipinski definition) is 0. The molecule has 2 aromatic carbocycles. The van der Waals surface area contributed by atoms with E-state index >= 15 is 0 Å². The van der Waals surface area contributed by atoms with Crippen molar-refractivity contribution in [2.24, 2.45) is 0 Å². The van der Waals surface area contributed by atoms with Gasteiger partial charge in [-0.05, 0) is 29.8 Å². The molecule has 3 rings (SSSR count). The summed E-state index contributed by atoms with van der Waals surface area (Å²) in [5.41, 5.74) is 1.69. The van der Waals surface area contributed by atoms with Gasteiger partial charge in [0.25, 0.3) is 0 Å². The summed E-state index contributed by atoms with van der Waals surface area (Å²) in [5, 5.41) is 0.888. The molecule has 0 aliphatic carbocycles. The molecule has 19 heavy (non-hydrogen) atoms. The molecule has 3 heteroatoms. The van der Waals surface area contributed by atoms with E-state index in [4.69, 9.17) is 4.42 Å². The van der Waals surface area contributed by atoms with Gasteiger partial charge in [0.1, 0.15) is 11.4 Å². The molecule has 2 nitrogen and oxygen atoms in total. The van der Waals surface area contributed by atoms with Crippen molar-refractivity contribution in [3.63, 3.8) is 0 Å². The number of halogens is 1. The molecule has 0 aliphatic heterocycles. The minimum absolute atomic E-state index is 0.283. The topological polar surface area (TPSA) is 30.2 Å². The minimum atomic E-state index is -0.344. The van der Waals surface area contributed by atoms with Crippen LogP contribution >= 0.6 is 0 Å². The lowest BCUT2D eigenvalue weighted by molar-refractivity contribution is 0.552. The maximum absolute atomic E-state index is 12.8. The first-order valence-electron chi connectivity index (χ1n) is 5.98. The first-order valence-corrected chi connectivity index (χ1v) is 5.98. The Morgan fingerprint density at radius 3 is 2.53 bits per heavy atom. The molecule has 0 unspecified atom stereocenters. The van der Waals surface area contributed by atoms with E-state index in [1.807, 2.05) is 24.3 Å². The molecule has 1 aromatic heterocycles. The zero-order valence-corrected chi connectivity index (χ0v) is 10.1. The van der Waals surface area contributed by atoms with Crippen LogP contribution in [-0.2, 0) is 6.42 Å². The first-order chi connectivity index (χ1) is 9.22. The lowest BCUT2D eigenvalue weighted by Gasteiger charge is -2.02. The molecule has 0 N–H and O–H groups in total. The van der Waals surface area contributed by atoms with Gasteiger partial charge < -0.3 is 4.42 Å². The van der Waals surface area contributed by atoms with E-state index in [0.29, 0.717) is 17.6 Å². The Morgan fingerprint density at radius 2 is 1.74 bits per heavy atom. The Morgan fingerprint density at radius 1 is 1.00 bits per heavy atom. The summed E-state index contributed by atoms with van der Waals surface area (Å²) >= 11 is 0. The lowest BCUT2D eigenvalue weighted by atomic mass is 10.1. The van der Waals surface area contributed by atoms with E-state index in [2.05, 4.69) is 0 Å². The number of rotatable bonds is 2. The summed E-state index contributed by atoms with van der Waals surface area (Å²) in [6.45, 7) is 0. The molecule has 0 saturated carbocycles. The summed E-state index contributed by atoms with van der Waals surface area (Å²) in [6, 6.07) is 15.3. The van der Waals surface area contributed by atoms with Crippen LogP contribution in [0.1, 0.15) is 11.1 Å². The van der Waals surface area contributed by atoms with E-state index < -0.39 is 0 Å². The van der Waals surface area contributed by atoms with Crippen molar-refractivity contribution in [1.82, 2.24) is 0 Å². The van der Waals surface area contributed by atoms with Gasteiger partial charge in [0.2, 0.25) is 0 Å². The Kier molecular flexibility index (Phi) is 2.88. The summed E-state index contributed by atoms with van der Waals surface area (Å²) in [4.78, 5) is 11.9. The van der Waals surface area contributed by atoms with Crippen LogP contribution in [0.2, 0.25) is 0 Å². The second-order valence-electron chi connectivity index (χ2n) is 4.40. The molecule has 0 aliphatic rings. The number of benzene rings is 2. The van der Waals surface area contributed by atoms with E-state index in [9.17, 15) is 9.18 Å². The Labute approximate surface area is 109 Å². The predicted octanol–water partition coefficient (Wildman–Crippen LogP) is 3.52. The Hall–Kier alpha value is -2.42. The highest BCUT2D eigenvalue weighted by molar-refractivity contribution is 5.76. The van der Waals surface area contributed by atoms with Gasteiger partial charge in [0.15, 0.2) is 0 Å². The molecule has 1 heterocycles. The third-order valence-electron chi connectivity index (χ3n) is 3.02. The van der Waals surface area contributed by atoms with Crippen molar-refractivity contribution in [2.45, 2.75) is 6.42 Å². The zero-order valence-electron chi connectivity index (χ0n) is 10.1. The summed E-state index contributed by atoms with van der Waals surface area (Å²) in [7, 11) is 0. The van der Waals surface area contributed by atoms with Crippen LogP contribution in [0.3, 0.4) is 0 Å². The fourth-order valence-electron chi connectivity index (χ4n) is 2.05. The highest BCUT2D eigenvalue weighted by atomic mass is 19.1. The summed E-state index contributed by atoms with van der Waals surface area (Å²) < 4.78 is 18.1. The predicted molar refractivity (Wildman–Crippen MR) is 71.7 cm³/mol. The molecule has 0 saturated heterocycles. The zero-order chi connectivity index (χ0) is 13.2. The number of hydrogen-bond acceptors (Lipinski definition) is 2. The molecule has 0 amide bonds. The molecule has 0 radical (unpaired) electrons. The van der Waals surface area contributed by atoms with Crippen molar-refractivity contribution < 1.29 is 8.81 Å². The largest absolute Gasteiger partial charge is 0.423 e. The lowest BCUT2D eigenvalue weighted by Crippen LogP contribution is -2.07. The van der Waals surface area contributed by atoms with Crippen LogP contribution in [0, 0.1) is 5.82 Å². The SMILES string of the molecule is O=c1oc2ccccc2cc1Cc1ccc(F)cc1. The van der Waals surface area contributed by atoms with Crippen LogP contribution in [-0.4, -0.2) is 0 Å². The third-order valence-corrected chi connectivity index (χ3v) is 3.02. The minimum Gasteiger partial charge on any atom is -0.423 e. The second kappa shape index (κ2) is 4.69. The van der Waals surface area contributed by atoms with Gasteiger partial charge in [0, 0.05) is 17.4 Å². The van der Waals surface area contributed by atoms with Crippen molar-refractivity contribution in [1.29, 1.82) is 0 Å². The van der Waals surface area contributed by atoms with Gasteiger partial charge in [-0.15, -0.1) is 0 Å². The smallest absolute Gasteiger partial charge is 0.339 e. The maximum atomic E-state index is 12.8. The van der Waals surface area contributed by atoms with E-state index in [1.165, 1.54) is 12.1 Å². The number of fused-ring (bicyclic) bond motifs is 1. The quantitative estimate of drug-likeness (QED) is 0.655. The van der Waals surface area contributed by atoms with Crippen LogP contribution in [0.25, 0.3) is 11.0 Å². The average Bonchev–Trinajstić information content (AvgIpc) is 2.42. The van der Waals surface area contributed by atoms with Crippen LogP contribution in [0.15, 0.2) is 63.8 Å². The van der Waals surface area contributed by atoms with Gasteiger partial charge in [-0.1, -0.05) is 30.3 Å².